The fourth-order valence-corrected chi connectivity index (χ4v) is 0. The first kappa shape index (κ1) is 3.66. The second-order valence-electron chi connectivity index (χ2n) is 0.262. The molecule has 0 aromatic rings. The largest absolute Gasteiger partial charge is 0.430 e. The third-order valence-corrected chi connectivity index (χ3v) is 0.0514. The summed E-state index contributed by atoms with van der Waals surface area (Å²) in [6.45, 7) is 0. The lowest BCUT2D eigenvalue weighted by Gasteiger charge is -1.42. The van der Waals surface area contributed by atoms with Gasteiger partial charge in [0.2, 0.25) is 0 Å². The van der Waals surface area contributed by atoms with Gasteiger partial charge in [-0.05, 0) is 0 Å². The Labute approximate surface area is 24.1 Å². The lowest BCUT2D eigenvalue weighted by Crippen LogP contribution is -1.73. The normalized spacial score (nSPS) is 5.25. The minimum Gasteiger partial charge on any atom is -0.332 e. The highest BCUT2D eigenvalue weighted by molar-refractivity contribution is 6.60. The molecule has 0 saturated carbocycles. The molecule has 1 radical (unpaired) electrons. The molecule has 0 unspecified atom stereocenters. The highest BCUT2D eigenvalue weighted by Gasteiger charge is 1.69. The van der Waals surface area contributed by atoms with E-state index in [1.807, 2.05) is 0 Å². The minimum absolute atomic E-state index is 0.0556. The summed E-state index contributed by atoms with van der Waals surface area (Å²) in [4.78, 5) is 8.74. The van der Waals surface area contributed by atoms with Crippen molar-refractivity contribution >= 4 is 13.7 Å². The quantitative estimate of drug-likeness (QED) is 0.301. The summed E-state index contributed by atoms with van der Waals surface area (Å²) in [6, 6.07) is 0. The van der Waals surface area contributed by atoms with Gasteiger partial charge in [-0.2, -0.15) is 0 Å². The monoisotopic (exact) mass is 59.0 g/mol. The van der Waals surface area contributed by atoms with Crippen molar-refractivity contribution in [2.75, 3.05) is 0 Å². The molecule has 1 nitrogen and oxygen atoms in total. The van der Waals surface area contributed by atoms with Gasteiger partial charge < -0.3 is 9.11 Å². The van der Waals surface area contributed by atoms with Crippen molar-refractivity contribution in [3.8, 4) is 0 Å². The summed E-state index contributed by atoms with van der Waals surface area (Å²) in [5, 5.41) is 0. The first-order valence-electron chi connectivity index (χ1n) is 0.787. The number of rotatable bonds is 1. The number of carbonyl (C=O) groups excluding carboxylic acids is 1. The SMILES string of the molecule is O=C[B]F. The van der Waals surface area contributed by atoms with Gasteiger partial charge in [0, 0.05) is 0 Å². The van der Waals surface area contributed by atoms with Crippen molar-refractivity contribution in [2.24, 2.45) is 0 Å². The van der Waals surface area contributed by atoms with Gasteiger partial charge in [-0.15, -0.1) is 0 Å². The van der Waals surface area contributed by atoms with E-state index in [0.29, 0.717) is 0 Å². The van der Waals surface area contributed by atoms with Crippen LogP contribution in [0.25, 0.3) is 0 Å². The zero-order valence-electron chi connectivity index (χ0n) is 1.94. The first-order chi connectivity index (χ1) is 1.91. The lowest BCUT2D eigenvalue weighted by molar-refractivity contribution is 0.566. The zero-order valence-corrected chi connectivity index (χ0v) is 1.94. The first-order valence-corrected chi connectivity index (χ1v) is 0.787. The molecular formula is CHBFO. The summed E-state index contributed by atoms with van der Waals surface area (Å²) in [5.41, 5.74) is 0. The van der Waals surface area contributed by atoms with Crippen LogP contribution in [0.3, 0.4) is 0 Å². The molecule has 0 aliphatic heterocycles. The van der Waals surface area contributed by atoms with Crippen LogP contribution in [-0.2, 0) is 4.79 Å². The Kier molecular flexibility index (Phi) is 2.44. The van der Waals surface area contributed by atoms with E-state index in [0.717, 1.165) is 0 Å². The van der Waals surface area contributed by atoms with Gasteiger partial charge in [0.25, 0.3) is 0 Å². The molecule has 0 aromatic carbocycles. The Morgan fingerprint density at radius 3 is 2.25 bits per heavy atom. The van der Waals surface area contributed by atoms with E-state index < -0.39 is 0 Å². The Balaban J connectivity index is 2.30. The van der Waals surface area contributed by atoms with Gasteiger partial charge in [-0.25, -0.2) is 0 Å². The molecule has 0 bridgehead atoms. The Morgan fingerprint density at radius 1 is 2.00 bits per heavy atom. The summed E-state index contributed by atoms with van der Waals surface area (Å²) >= 11 is 0. The van der Waals surface area contributed by atoms with Crippen molar-refractivity contribution < 1.29 is 9.11 Å². The maximum absolute atomic E-state index is 10.2. The predicted molar refractivity (Wildman–Crippen MR) is 13.6 cm³/mol. The third-order valence-electron chi connectivity index (χ3n) is 0.0514. The molecule has 0 aliphatic rings. The maximum Gasteiger partial charge on any atom is 0.430 e. The molecule has 0 N–H and O–H groups in total. The van der Waals surface area contributed by atoms with Crippen molar-refractivity contribution in [3.05, 3.63) is 0 Å². The van der Waals surface area contributed by atoms with Gasteiger partial charge in [0.1, 0.15) is 6.19 Å². The van der Waals surface area contributed by atoms with Crippen molar-refractivity contribution in [1.29, 1.82) is 0 Å². The van der Waals surface area contributed by atoms with E-state index in [2.05, 4.69) is 0 Å². The molecule has 0 aromatic heterocycles. The second-order valence-corrected chi connectivity index (χ2v) is 0.262. The fraction of sp³-hybridized carbons (Fsp3) is 0. The van der Waals surface area contributed by atoms with Crippen LogP contribution in [0.5, 0.6) is 0 Å². The summed E-state index contributed by atoms with van der Waals surface area (Å²) in [7, 11) is -0.0556. The van der Waals surface area contributed by atoms with Gasteiger partial charge in [0.15, 0.2) is 0 Å². The molecule has 0 aliphatic carbocycles. The molecule has 3 heteroatoms. The molecule has 0 fully saturated rings. The Hall–Kier alpha value is -0.335. The number of carbonyl (C=O) groups is 1. The van der Waals surface area contributed by atoms with Gasteiger partial charge in [-0.3, -0.25) is 0 Å². The molecule has 0 atom stereocenters. The zero-order chi connectivity index (χ0) is 3.41. The smallest absolute Gasteiger partial charge is 0.332 e. The van der Waals surface area contributed by atoms with Crippen LogP contribution in [0.4, 0.5) is 4.32 Å². The fourth-order valence-electron chi connectivity index (χ4n) is 0. The summed E-state index contributed by atoms with van der Waals surface area (Å²) in [5.74, 6) is 0. The summed E-state index contributed by atoms with van der Waals surface area (Å²) in [6.07, 6.45) is 0.0833. The van der Waals surface area contributed by atoms with E-state index >= 15 is 0 Å². The highest BCUT2D eigenvalue weighted by Crippen LogP contribution is 1.39. The molecule has 0 spiro atoms. The Bertz CT molecular complexity index is 22.0. The Morgan fingerprint density at radius 2 is 2.25 bits per heavy atom. The van der Waals surface area contributed by atoms with Gasteiger partial charge in [0.05, 0.1) is 0 Å². The van der Waals surface area contributed by atoms with Crippen molar-refractivity contribution in [1.82, 2.24) is 0 Å². The number of hydrogen-bond donors (Lipinski definition) is 0. The molecule has 0 rings (SSSR count). The van der Waals surface area contributed by atoms with Crippen LogP contribution >= 0.6 is 0 Å². The van der Waals surface area contributed by atoms with Crippen LogP contribution < -0.4 is 0 Å². The molecule has 21 valence electrons. The van der Waals surface area contributed by atoms with Crippen LogP contribution in [0.2, 0.25) is 0 Å². The lowest BCUT2D eigenvalue weighted by atomic mass is 10.1. The standard InChI is InChI=1S/CHBFO/c3-2-1-4/h1H. The van der Waals surface area contributed by atoms with Crippen LogP contribution in [0, 0.1) is 0 Å². The topological polar surface area (TPSA) is 17.1 Å². The maximum atomic E-state index is 10.2. The van der Waals surface area contributed by atoms with E-state index in [9.17, 15) is 4.32 Å². The third kappa shape index (κ3) is 1.66. The molecule has 0 amide bonds. The molecule has 4 heavy (non-hydrogen) atoms. The average molecular weight is 58.8 g/mol. The highest BCUT2D eigenvalue weighted by atomic mass is 19.1. The summed E-state index contributed by atoms with van der Waals surface area (Å²) < 4.78 is 10.2. The van der Waals surface area contributed by atoms with E-state index in [1.54, 1.807) is 0 Å². The minimum atomic E-state index is -0.0556. The average Bonchev–Trinajstić information content (AvgIpc) is 1.37. The van der Waals surface area contributed by atoms with Gasteiger partial charge >= 0.3 is 7.56 Å². The van der Waals surface area contributed by atoms with Crippen molar-refractivity contribution in [3.63, 3.8) is 0 Å². The van der Waals surface area contributed by atoms with Crippen LogP contribution in [0.15, 0.2) is 0 Å². The van der Waals surface area contributed by atoms with Crippen LogP contribution in [-0.4, -0.2) is 13.7 Å². The van der Waals surface area contributed by atoms with Gasteiger partial charge in [-0.1, -0.05) is 0 Å². The molecule has 0 heterocycles. The van der Waals surface area contributed by atoms with Crippen LogP contribution in [0.1, 0.15) is 0 Å². The predicted octanol–water partition coefficient (Wildman–Crippen LogP) is -0.235. The van der Waals surface area contributed by atoms with E-state index in [-0.39, 0.29) is 13.7 Å². The molecule has 0 saturated heterocycles. The van der Waals surface area contributed by atoms with E-state index in [1.165, 1.54) is 0 Å². The second kappa shape index (κ2) is 2.66. The van der Waals surface area contributed by atoms with E-state index in [4.69, 9.17) is 4.79 Å². The molecular weight excluding hydrogens is 57.8 g/mol. The van der Waals surface area contributed by atoms with Crippen molar-refractivity contribution in [2.45, 2.75) is 0 Å². The number of halogens is 1. The number of hydrogen-bond acceptors (Lipinski definition) is 1.